The monoisotopic (exact) mass is 460 g/mol. The van der Waals surface area contributed by atoms with Crippen molar-refractivity contribution in [2.24, 2.45) is 0 Å². The third kappa shape index (κ3) is 4.63. The zero-order valence-electron chi connectivity index (χ0n) is 11.0. The van der Waals surface area contributed by atoms with Crippen molar-refractivity contribution in [2.75, 3.05) is 6.61 Å². The van der Waals surface area contributed by atoms with Crippen molar-refractivity contribution in [2.45, 2.75) is 24.5 Å². The normalized spacial score (nSPS) is 30.5. The van der Waals surface area contributed by atoms with Crippen molar-refractivity contribution in [3.8, 4) is 5.88 Å². The van der Waals surface area contributed by atoms with Gasteiger partial charge in [0.05, 0.1) is 6.61 Å². The number of hydrogen-bond acceptors (Lipinski definition) is 9. The number of aliphatic hydroxyl groups is 2. The first-order chi connectivity index (χ1) is 9.73. The minimum absolute atomic E-state index is 0. The van der Waals surface area contributed by atoms with Gasteiger partial charge in [0.1, 0.15) is 18.3 Å². The van der Waals surface area contributed by atoms with Crippen LogP contribution >= 0.6 is 7.82 Å². The summed E-state index contributed by atoms with van der Waals surface area (Å²) in [5, 5.41) is 30.0. The zero-order chi connectivity index (χ0) is 15.8. The Labute approximate surface area is 163 Å². The molecule has 0 saturated carbocycles. The van der Waals surface area contributed by atoms with Gasteiger partial charge in [-0.1, -0.05) is 0 Å². The molecule has 0 bridgehead atoms. The molecular formula is C9H11BaN2O9P. The molecule has 1 fully saturated rings. The second-order valence-corrected chi connectivity index (χ2v) is 5.38. The zero-order valence-corrected chi connectivity index (χ0v) is 16.3. The SMILES string of the molecule is O=c1nc([O-])ccn1[C@@H]1O[C@H](CO)[C@@H](OP(=O)([O-])O)[C@H]1O.[Ba+2]. The van der Waals surface area contributed by atoms with Crippen molar-refractivity contribution in [3.63, 3.8) is 0 Å². The van der Waals surface area contributed by atoms with Gasteiger partial charge >= 0.3 is 54.6 Å². The molecule has 22 heavy (non-hydrogen) atoms. The van der Waals surface area contributed by atoms with Crippen molar-refractivity contribution >= 4 is 56.7 Å². The molecule has 11 nitrogen and oxygen atoms in total. The molecular weight excluding hydrogens is 448 g/mol. The van der Waals surface area contributed by atoms with E-state index >= 15 is 0 Å². The molecule has 1 aromatic heterocycles. The molecule has 1 saturated heterocycles. The molecule has 118 valence electrons. The third-order valence-corrected chi connectivity index (χ3v) is 3.33. The van der Waals surface area contributed by atoms with Crippen LogP contribution in [0.25, 0.3) is 0 Å². The Kier molecular flexibility index (Phi) is 7.26. The summed E-state index contributed by atoms with van der Waals surface area (Å²) in [5.41, 5.74) is -1.03. The summed E-state index contributed by atoms with van der Waals surface area (Å²) in [6, 6.07) is 0.935. The molecule has 2 heterocycles. The topological polar surface area (TPSA) is 177 Å². The fraction of sp³-hybridized carbons (Fsp3) is 0.556. The average Bonchev–Trinajstić information content (AvgIpc) is 2.65. The molecule has 0 spiro atoms. The largest absolute Gasteiger partial charge is 2.00 e. The standard InChI is InChI=1S/C9H13N2O9P.Ba/c12-3-4-7(20-21(16,17)18)6(14)8(19-4)11-2-1-5(13)10-9(11)15;/h1-2,4,6-8,12,14H,3H2,(H,10,13,15)(H2,16,17,18);/q;+2/p-2/t4-,6-,7-,8-;/m1./s1. The fourth-order valence-electron chi connectivity index (χ4n) is 1.97. The molecule has 0 aromatic carbocycles. The van der Waals surface area contributed by atoms with Crippen LogP contribution in [0.15, 0.2) is 17.1 Å². The van der Waals surface area contributed by atoms with Gasteiger partial charge in [0.15, 0.2) is 6.23 Å². The maximum atomic E-state index is 11.6. The second-order valence-electron chi connectivity index (χ2n) is 4.23. The van der Waals surface area contributed by atoms with Crippen LogP contribution in [-0.2, 0) is 13.8 Å². The van der Waals surface area contributed by atoms with E-state index in [2.05, 4.69) is 9.51 Å². The predicted octanol–water partition coefficient (Wildman–Crippen LogP) is -3.97. The van der Waals surface area contributed by atoms with E-state index in [9.17, 15) is 24.5 Å². The molecule has 0 amide bonds. The Morgan fingerprint density at radius 2 is 2.18 bits per heavy atom. The Hall–Kier alpha value is 0.241. The molecule has 0 aliphatic carbocycles. The molecule has 2 rings (SSSR count). The maximum Gasteiger partial charge on any atom is 2.00 e. The number of phosphoric ester groups is 1. The summed E-state index contributed by atoms with van der Waals surface area (Å²) in [6.45, 7) is -0.736. The first-order valence-corrected chi connectivity index (χ1v) is 7.15. The molecule has 3 N–H and O–H groups in total. The number of aromatic nitrogens is 2. The van der Waals surface area contributed by atoms with E-state index in [1.165, 1.54) is 0 Å². The van der Waals surface area contributed by atoms with Crippen LogP contribution in [0.5, 0.6) is 5.88 Å². The van der Waals surface area contributed by atoms with E-state index in [1.807, 2.05) is 0 Å². The van der Waals surface area contributed by atoms with E-state index in [1.54, 1.807) is 0 Å². The van der Waals surface area contributed by atoms with Crippen molar-refractivity contribution in [3.05, 3.63) is 22.7 Å². The van der Waals surface area contributed by atoms with Crippen LogP contribution in [-0.4, -0.2) is 98.5 Å². The van der Waals surface area contributed by atoms with E-state index in [0.29, 0.717) is 0 Å². The van der Waals surface area contributed by atoms with Crippen LogP contribution in [0.3, 0.4) is 0 Å². The maximum absolute atomic E-state index is 11.6. The molecule has 1 unspecified atom stereocenters. The van der Waals surface area contributed by atoms with Crippen LogP contribution in [0, 0.1) is 0 Å². The van der Waals surface area contributed by atoms with E-state index in [-0.39, 0.29) is 48.9 Å². The smallest absolute Gasteiger partial charge is 0.858 e. The molecule has 13 heteroatoms. The molecule has 0 radical (unpaired) electrons. The first kappa shape index (κ1) is 20.3. The summed E-state index contributed by atoms with van der Waals surface area (Å²) in [6.07, 6.45) is -5.06. The molecule has 5 atom stereocenters. The first-order valence-electron chi connectivity index (χ1n) is 5.65. The van der Waals surface area contributed by atoms with Gasteiger partial charge in [-0.05, 0) is 11.9 Å². The molecule has 1 aliphatic rings. The summed E-state index contributed by atoms with van der Waals surface area (Å²) in [4.78, 5) is 34.0. The van der Waals surface area contributed by atoms with Gasteiger partial charge in [-0.25, -0.2) is 9.78 Å². The quantitative estimate of drug-likeness (QED) is 0.297. The third-order valence-electron chi connectivity index (χ3n) is 2.82. The predicted molar refractivity (Wildman–Crippen MR) is 65.4 cm³/mol. The number of nitrogens with zero attached hydrogens (tertiary/aromatic N) is 2. The summed E-state index contributed by atoms with van der Waals surface area (Å²) in [5.74, 6) is -0.797. The van der Waals surface area contributed by atoms with Gasteiger partial charge in [-0.2, -0.15) is 0 Å². The van der Waals surface area contributed by atoms with Gasteiger partial charge in [-0.15, -0.1) is 0 Å². The van der Waals surface area contributed by atoms with E-state index in [4.69, 9.17) is 14.7 Å². The van der Waals surface area contributed by atoms with E-state index in [0.717, 1.165) is 16.8 Å². The summed E-state index contributed by atoms with van der Waals surface area (Å²) in [7, 11) is -5.19. The van der Waals surface area contributed by atoms with Gasteiger partial charge < -0.3 is 34.4 Å². The number of rotatable bonds is 4. The van der Waals surface area contributed by atoms with Crippen molar-refractivity contribution in [1.82, 2.24) is 9.55 Å². The van der Waals surface area contributed by atoms with Crippen LogP contribution in [0.1, 0.15) is 6.23 Å². The number of aliphatic hydroxyl groups excluding tert-OH is 2. The molecule has 1 aliphatic heterocycles. The Balaban J connectivity index is 0.00000242. The Bertz CT molecular complexity index is 619. The minimum atomic E-state index is -5.19. The average molecular weight is 459 g/mol. The number of ether oxygens (including phenoxy) is 1. The van der Waals surface area contributed by atoms with Crippen LogP contribution in [0.2, 0.25) is 0 Å². The minimum Gasteiger partial charge on any atom is -0.858 e. The van der Waals surface area contributed by atoms with Crippen molar-refractivity contribution in [1.29, 1.82) is 0 Å². The molecule has 1 aromatic rings. The Morgan fingerprint density at radius 1 is 1.55 bits per heavy atom. The van der Waals surface area contributed by atoms with Gasteiger partial charge in [-0.3, -0.25) is 9.13 Å². The van der Waals surface area contributed by atoms with Crippen molar-refractivity contribution < 1.29 is 38.9 Å². The van der Waals surface area contributed by atoms with E-state index < -0.39 is 50.5 Å². The number of phosphoric acid groups is 1. The van der Waals surface area contributed by atoms with Crippen LogP contribution in [0.4, 0.5) is 0 Å². The second kappa shape index (κ2) is 7.88. The van der Waals surface area contributed by atoms with Crippen LogP contribution < -0.4 is 15.7 Å². The van der Waals surface area contributed by atoms with Gasteiger partial charge in [0.25, 0.3) is 7.82 Å². The van der Waals surface area contributed by atoms with Gasteiger partial charge in [0, 0.05) is 6.20 Å². The summed E-state index contributed by atoms with van der Waals surface area (Å²) < 4.78 is 20.8. The fourth-order valence-corrected chi connectivity index (χ4v) is 2.54. The number of hydrogen-bond donors (Lipinski definition) is 3. The van der Waals surface area contributed by atoms with Gasteiger partial charge in [0.2, 0.25) is 0 Å². The Morgan fingerprint density at radius 3 is 2.68 bits per heavy atom. The summed E-state index contributed by atoms with van der Waals surface area (Å²) >= 11 is 0.